The zero-order valence-electron chi connectivity index (χ0n) is 9.86. The van der Waals surface area contributed by atoms with E-state index in [1.807, 2.05) is 25.1 Å². The Morgan fingerprint density at radius 1 is 1.41 bits per heavy atom. The molecule has 2 N–H and O–H groups in total. The summed E-state index contributed by atoms with van der Waals surface area (Å²) < 4.78 is 0. The molecule has 0 bridgehead atoms. The van der Waals surface area contributed by atoms with Crippen molar-refractivity contribution >= 4 is 17.0 Å². The molecule has 1 aromatic heterocycles. The third-order valence-corrected chi connectivity index (χ3v) is 2.82. The van der Waals surface area contributed by atoms with Crippen molar-refractivity contribution in [3.05, 3.63) is 29.6 Å². The molecule has 0 unspecified atom stereocenters. The number of aliphatic carboxylic acids is 1. The number of carbonyl (C=O) groups is 1. The van der Waals surface area contributed by atoms with Gasteiger partial charge in [-0.2, -0.15) is 0 Å². The fourth-order valence-electron chi connectivity index (χ4n) is 1.91. The third-order valence-electron chi connectivity index (χ3n) is 2.82. The van der Waals surface area contributed by atoms with E-state index >= 15 is 0 Å². The van der Waals surface area contributed by atoms with Gasteiger partial charge < -0.3 is 10.1 Å². The van der Waals surface area contributed by atoms with Crippen molar-refractivity contribution in [1.82, 2.24) is 9.97 Å². The number of aromatic nitrogens is 2. The number of nitrogens with zero attached hydrogens (tertiary/aromatic N) is 1. The third kappa shape index (κ3) is 2.84. The van der Waals surface area contributed by atoms with Gasteiger partial charge in [0.25, 0.3) is 0 Å². The van der Waals surface area contributed by atoms with Crippen LogP contribution in [0.3, 0.4) is 0 Å². The summed E-state index contributed by atoms with van der Waals surface area (Å²) in [6, 6.07) is 6.05. The monoisotopic (exact) mass is 232 g/mol. The largest absolute Gasteiger partial charge is 0.481 e. The van der Waals surface area contributed by atoms with Crippen molar-refractivity contribution in [2.75, 3.05) is 0 Å². The van der Waals surface area contributed by atoms with Crippen LogP contribution >= 0.6 is 0 Å². The number of aryl methyl sites for hydroxylation is 2. The second-order valence-corrected chi connectivity index (χ2v) is 4.26. The van der Waals surface area contributed by atoms with E-state index in [1.54, 1.807) is 0 Å². The Labute approximate surface area is 99.7 Å². The maximum absolute atomic E-state index is 10.4. The van der Waals surface area contributed by atoms with Gasteiger partial charge in [0, 0.05) is 12.8 Å². The van der Waals surface area contributed by atoms with E-state index < -0.39 is 5.97 Å². The highest BCUT2D eigenvalue weighted by Gasteiger charge is 2.04. The van der Waals surface area contributed by atoms with Crippen molar-refractivity contribution in [3.63, 3.8) is 0 Å². The number of rotatable bonds is 5. The van der Waals surface area contributed by atoms with Crippen LogP contribution in [0.4, 0.5) is 0 Å². The first-order valence-corrected chi connectivity index (χ1v) is 5.83. The van der Waals surface area contributed by atoms with E-state index in [0.29, 0.717) is 6.42 Å². The van der Waals surface area contributed by atoms with Crippen LogP contribution in [0.5, 0.6) is 0 Å². The number of aromatic amines is 1. The molecule has 0 atom stereocenters. The average molecular weight is 232 g/mol. The van der Waals surface area contributed by atoms with Crippen LogP contribution in [0.1, 0.15) is 30.7 Å². The lowest BCUT2D eigenvalue weighted by Gasteiger charge is -1.95. The summed E-state index contributed by atoms with van der Waals surface area (Å²) in [5.74, 6) is 0.213. The first-order chi connectivity index (χ1) is 8.16. The first kappa shape index (κ1) is 11.6. The Kier molecular flexibility index (Phi) is 3.42. The number of carboxylic acid groups (broad SMARTS) is 1. The molecule has 0 radical (unpaired) electrons. The number of unbranched alkanes of at least 4 members (excludes halogenated alkanes) is 1. The van der Waals surface area contributed by atoms with E-state index in [4.69, 9.17) is 5.11 Å². The summed E-state index contributed by atoms with van der Waals surface area (Å²) >= 11 is 0. The van der Waals surface area contributed by atoms with Gasteiger partial charge in [-0.05, 0) is 31.4 Å². The molecule has 0 amide bonds. The van der Waals surface area contributed by atoms with E-state index in [0.717, 1.165) is 35.3 Å². The molecule has 0 saturated heterocycles. The number of fused-ring (bicyclic) bond motifs is 1. The van der Waals surface area contributed by atoms with E-state index in [2.05, 4.69) is 9.97 Å². The minimum absolute atomic E-state index is 0.235. The smallest absolute Gasteiger partial charge is 0.303 e. The molecular weight excluding hydrogens is 216 g/mol. The van der Waals surface area contributed by atoms with Gasteiger partial charge in [0.1, 0.15) is 5.82 Å². The van der Waals surface area contributed by atoms with Gasteiger partial charge >= 0.3 is 5.97 Å². The summed E-state index contributed by atoms with van der Waals surface area (Å²) in [5, 5.41) is 8.54. The zero-order valence-corrected chi connectivity index (χ0v) is 9.86. The van der Waals surface area contributed by atoms with Crippen LogP contribution in [-0.4, -0.2) is 21.0 Å². The van der Waals surface area contributed by atoms with Crippen molar-refractivity contribution < 1.29 is 9.90 Å². The van der Waals surface area contributed by atoms with Crippen LogP contribution in [0.15, 0.2) is 18.2 Å². The number of imidazole rings is 1. The van der Waals surface area contributed by atoms with Crippen LogP contribution in [0.2, 0.25) is 0 Å². The normalized spacial score (nSPS) is 10.9. The number of hydrogen-bond acceptors (Lipinski definition) is 2. The molecule has 0 aliphatic heterocycles. The fraction of sp³-hybridized carbons (Fsp3) is 0.385. The Morgan fingerprint density at radius 2 is 2.24 bits per heavy atom. The maximum Gasteiger partial charge on any atom is 0.303 e. The van der Waals surface area contributed by atoms with Gasteiger partial charge in [-0.3, -0.25) is 4.79 Å². The minimum Gasteiger partial charge on any atom is -0.481 e. The molecule has 4 nitrogen and oxygen atoms in total. The summed E-state index contributed by atoms with van der Waals surface area (Å²) in [5.41, 5.74) is 3.23. The molecule has 17 heavy (non-hydrogen) atoms. The highest BCUT2D eigenvalue weighted by molar-refractivity contribution is 5.78. The quantitative estimate of drug-likeness (QED) is 0.779. The van der Waals surface area contributed by atoms with Gasteiger partial charge in [-0.15, -0.1) is 0 Å². The van der Waals surface area contributed by atoms with Crippen LogP contribution in [0, 0.1) is 6.92 Å². The van der Waals surface area contributed by atoms with E-state index in [-0.39, 0.29) is 6.42 Å². The SMILES string of the molecule is Cc1cccc2[nH]c(CCCCC(=O)O)nc12. The molecule has 1 aromatic carbocycles. The van der Waals surface area contributed by atoms with E-state index in [9.17, 15) is 4.79 Å². The lowest BCUT2D eigenvalue weighted by atomic mass is 10.2. The van der Waals surface area contributed by atoms with Crippen LogP contribution in [-0.2, 0) is 11.2 Å². The molecule has 90 valence electrons. The molecule has 0 aliphatic carbocycles. The highest BCUT2D eigenvalue weighted by atomic mass is 16.4. The number of hydrogen-bond donors (Lipinski definition) is 2. The number of para-hydroxylation sites is 1. The predicted molar refractivity (Wildman–Crippen MR) is 66.0 cm³/mol. The Hall–Kier alpha value is -1.84. The average Bonchev–Trinajstić information content (AvgIpc) is 2.69. The summed E-state index contributed by atoms with van der Waals surface area (Å²) in [6.07, 6.45) is 2.59. The second-order valence-electron chi connectivity index (χ2n) is 4.26. The predicted octanol–water partition coefficient (Wildman–Crippen LogP) is 2.67. The molecule has 2 aromatic rings. The fourth-order valence-corrected chi connectivity index (χ4v) is 1.91. The molecular formula is C13H16N2O2. The first-order valence-electron chi connectivity index (χ1n) is 5.83. The van der Waals surface area contributed by atoms with Gasteiger partial charge in [0.2, 0.25) is 0 Å². The maximum atomic E-state index is 10.4. The topological polar surface area (TPSA) is 66.0 Å². The second kappa shape index (κ2) is 4.99. The lowest BCUT2D eigenvalue weighted by molar-refractivity contribution is -0.137. The minimum atomic E-state index is -0.731. The Morgan fingerprint density at radius 3 is 2.94 bits per heavy atom. The van der Waals surface area contributed by atoms with Crippen molar-refractivity contribution in [2.45, 2.75) is 32.6 Å². The van der Waals surface area contributed by atoms with Crippen molar-refractivity contribution in [2.24, 2.45) is 0 Å². The number of benzene rings is 1. The van der Waals surface area contributed by atoms with Gasteiger partial charge in [-0.25, -0.2) is 4.98 Å². The standard InChI is InChI=1S/C13H16N2O2/c1-9-5-4-6-10-13(9)15-11(14-10)7-2-3-8-12(16)17/h4-6H,2-3,7-8H2,1H3,(H,14,15)(H,16,17). The zero-order chi connectivity index (χ0) is 12.3. The molecule has 4 heteroatoms. The number of H-pyrrole nitrogens is 1. The highest BCUT2D eigenvalue weighted by Crippen LogP contribution is 2.16. The molecule has 2 rings (SSSR count). The lowest BCUT2D eigenvalue weighted by Crippen LogP contribution is -1.95. The summed E-state index contributed by atoms with van der Waals surface area (Å²) in [7, 11) is 0. The van der Waals surface area contributed by atoms with Gasteiger partial charge in [-0.1, -0.05) is 12.1 Å². The van der Waals surface area contributed by atoms with Gasteiger partial charge in [0.05, 0.1) is 11.0 Å². The molecule has 0 fully saturated rings. The summed E-state index contributed by atoms with van der Waals surface area (Å²) in [6.45, 7) is 2.04. The number of nitrogens with one attached hydrogen (secondary N) is 1. The number of carboxylic acids is 1. The Bertz CT molecular complexity index is 531. The molecule has 1 heterocycles. The van der Waals surface area contributed by atoms with Crippen molar-refractivity contribution in [1.29, 1.82) is 0 Å². The van der Waals surface area contributed by atoms with Gasteiger partial charge in [0.15, 0.2) is 0 Å². The molecule has 0 saturated carbocycles. The molecule has 0 aliphatic rings. The van der Waals surface area contributed by atoms with Crippen LogP contribution < -0.4 is 0 Å². The Balaban J connectivity index is 2.00. The molecule has 0 spiro atoms. The van der Waals surface area contributed by atoms with Crippen molar-refractivity contribution in [3.8, 4) is 0 Å². The van der Waals surface area contributed by atoms with Crippen LogP contribution in [0.25, 0.3) is 11.0 Å². The van der Waals surface area contributed by atoms with E-state index in [1.165, 1.54) is 0 Å². The summed E-state index contributed by atoms with van der Waals surface area (Å²) in [4.78, 5) is 18.2.